The van der Waals surface area contributed by atoms with Crippen molar-refractivity contribution in [2.45, 2.75) is 34.1 Å². The Labute approximate surface area is 52.3 Å². The van der Waals surface area contributed by atoms with E-state index in [4.69, 9.17) is 0 Å². The molecule has 1 saturated carbocycles. The molecule has 0 spiro atoms. The molecule has 47 valence electrons. The molecule has 1 rings (SSSR count). The van der Waals surface area contributed by atoms with Gasteiger partial charge in [-0.2, -0.15) is 0 Å². The van der Waals surface area contributed by atoms with Crippen molar-refractivity contribution in [3.63, 3.8) is 0 Å². The van der Waals surface area contributed by atoms with Gasteiger partial charge in [-0.25, -0.2) is 0 Å². The van der Waals surface area contributed by atoms with Crippen LogP contribution in [0, 0.1) is 17.3 Å². The molecule has 0 aliphatic heterocycles. The van der Waals surface area contributed by atoms with Gasteiger partial charge in [-0.3, -0.25) is 0 Å². The maximum absolute atomic E-state index is 2.31. The average Bonchev–Trinajstić information content (AvgIpc) is 2.13. The maximum atomic E-state index is 2.31. The first-order valence-electron chi connectivity index (χ1n) is 3.34. The first-order valence-corrected chi connectivity index (χ1v) is 3.34. The van der Waals surface area contributed by atoms with Crippen molar-refractivity contribution < 1.29 is 0 Å². The van der Waals surface area contributed by atoms with Crippen molar-refractivity contribution >= 4 is 0 Å². The highest BCUT2D eigenvalue weighted by Crippen LogP contribution is 2.51. The molecule has 0 heteroatoms. The van der Waals surface area contributed by atoms with E-state index >= 15 is 0 Å². The van der Waals surface area contributed by atoms with E-state index in [-0.39, 0.29) is 0 Å². The smallest absolute Gasteiger partial charge is 0.0232 e. The summed E-state index contributed by atoms with van der Waals surface area (Å²) in [6.07, 6.45) is 1.38. The van der Waals surface area contributed by atoms with Crippen molar-refractivity contribution in [3.05, 3.63) is 5.92 Å². The minimum atomic E-state index is 0.546. The zero-order valence-corrected chi connectivity index (χ0v) is 6.28. The highest BCUT2D eigenvalue weighted by Gasteiger charge is 2.41. The molecule has 1 radical (unpaired) electrons. The van der Waals surface area contributed by atoms with E-state index in [0.717, 1.165) is 5.92 Å². The van der Waals surface area contributed by atoms with E-state index in [9.17, 15) is 0 Å². The SMILES string of the molecule is C[C]1CC1C(C)(C)C. The second-order valence-electron chi connectivity index (χ2n) is 3.97. The van der Waals surface area contributed by atoms with Crippen molar-refractivity contribution in [2.75, 3.05) is 0 Å². The van der Waals surface area contributed by atoms with Gasteiger partial charge in [-0.05, 0) is 23.7 Å². The molecule has 0 bridgehead atoms. The summed E-state index contributed by atoms with van der Waals surface area (Å²) in [6.45, 7) is 9.20. The summed E-state index contributed by atoms with van der Waals surface area (Å²) in [6, 6.07) is 0. The summed E-state index contributed by atoms with van der Waals surface area (Å²) in [7, 11) is 0. The standard InChI is InChI=1S/C8H15/c1-6-5-7(6)8(2,3)4/h7H,5H2,1-4H3. The summed E-state index contributed by atoms with van der Waals surface area (Å²) < 4.78 is 0. The lowest BCUT2D eigenvalue weighted by molar-refractivity contribution is 0.356. The molecular formula is C8H15. The zero-order chi connectivity index (χ0) is 6.36. The molecule has 1 atom stereocenters. The molecule has 0 aromatic rings. The topological polar surface area (TPSA) is 0 Å². The summed E-state index contributed by atoms with van der Waals surface area (Å²) in [5.74, 6) is 2.62. The Morgan fingerprint density at radius 1 is 1.38 bits per heavy atom. The lowest BCUT2D eigenvalue weighted by Gasteiger charge is -2.16. The fourth-order valence-corrected chi connectivity index (χ4v) is 1.31. The molecule has 1 aliphatic carbocycles. The third kappa shape index (κ3) is 1.04. The molecule has 1 fully saturated rings. The number of hydrogen-bond donors (Lipinski definition) is 0. The van der Waals surface area contributed by atoms with E-state index < -0.39 is 0 Å². The quantitative estimate of drug-likeness (QED) is 0.451. The van der Waals surface area contributed by atoms with Crippen molar-refractivity contribution in [3.8, 4) is 0 Å². The molecule has 1 aliphatic rings. The monoisotopic (exact) mass is 111 g/mol. The van der Waals surface area contributed by atoms with Crippen LogP contribution < -0.4 is 0 Å². The largest absolute Gasteiger partial charge is 0.0599 e. The van der Waals surface area contributed by atoms with E-state index in [0.29, 0.717) is 5.41 Å². The molecule has 1 unspecified atom stereocenters. The van der Waals surface area contributed by atoms with E-state index in [1.54, 1.807) is 5.92 Å². The maximum Gasteiger partial charge on any atom is -0.0232 e. The fourth-order valence-electron chi connectivity index (χ4n) is 1.31. The van der Waals surface area contributed by atoms with Gasteiger partial charge in [-0.15, -0.1) is 0 Å². The van der Waals surface area contributed by atoms with Crippen LogP contribution in [-0.4, -0.2) is 0 Å². The zero-order valence-electron chi connectivity index (χ0n) is 6.28. The molecule has 0 amide bonds. The average molecular weight is 111 g/mol. The van der Waals surface area contributed by atoms with Crippen molar-refractivity contribution in [2.24, 2.45) is 11.3 Å². The van der Waals surface area contributed by atoms with Crippen molar-refractivity contribution in [1.29, 1.82) is 0 Å². The van der Waals surface area contributed by atoms with Crippen LogP contribution in [0.3, 0.4) is 0 Å². The molecule has 0 nitrogen and oxygen atoms in total. The normalized spacial score (nSPS) is 30.8. The molecule has 0 N–H and O–H groups in total. The second kappa shape index (κ2) is 1.49. The highest BCUT2D eigenvalue weighted by atomic mass is 14.5. The van der Waals surface area contributed by atoms with Gasteiger partial charge in [0, 0.05) is 0 Å². The van der Waals surface area contributed by atoms with E-state index in [1.807, 2.05) is 0 Å². The van der Waals surface area contributed by atoms with Crippen LogP contribution in [0.4, 0.5) is 0 Å². The van der Waals surface area contributed by atoms with Gasteiger partial charge in [-0.1, -0.05) is 27.7 Å². The molecule has 8 heavy (non-hydrogen) atoms. The minimum Gasteiger partial charge on any atom is -0.0599 e. The van der Waals surface area contributed by atoms with Crippen LogP contribution in [0.5, 0.6) is 0 Å². The predicted octanol–water partition coefficient (Wildman–Crippen LogP) is 2.65. The molecule has 0 saturated heterocycles. The lowest BCUT2D eigenvalue weighted by atomic mass is 9.89. The van der Waals surface area contributed by atoms with Gasteiger partial charge in [0.25, 0.3) is 0 Å². The first kappa shape index (κ1) is 6.12. The van der Waals surface area contributed by atoms with E-state index in [2.05, 4.69) is 27.7 Å². The van der Waals surface area contributed by atoms with Crippen LogP contribution in [0.15, 0.2) is 0 Å². The third-order valence-electron chi connectivity index (χ3n) is 2.01. The van der Waals surface area contributed by atoms with Gasteiger partial charge >= 0.3 is 0 Å². The van der Waals surface area contributed by atoms with Crippen LogP contribution in [0.2, 0.25) is 0 Å². The molecule has 0 aromatic carbocycles. The van der Waals surface area contributed by atoms with Gasteiger partial charge in [0.15, 0.2) is 0 Å². The summed E-state index contributed by atoms with van der Waals surface area (Å²) >= 11 is 0. The number of rotatable bonds is 0. The van der Waals surface area contributed by atoms with Gasteiger partial charge in [0.2, 0.25) is 0 Å². The summed E-state index contributed by atoms with van der Waals surface area (Å²) in [4.78, 5) is 0. The Hall–Kier alpha value is 0. The Morgan fingerprint density at radius 2 is 1.75 bits per heavy atom. The Bertz CT molecular complexity index is 86.7. The third-order valence-corrected chi connectivity index (χ3v) is 2.01. The Kier molecular flexibility index (Phi) is 1.14. The van der Waals surface area contributed by atoms with Gasteiger partial charge in [0.1, 0.15) is 0 Å². The molecule has 0 aromatic heterocycles. The first-order chi connectivity index (χ1) is 3.52. The van der Waals surface area contributed by atoms with E-state index in [1.165, 1.54) is 6.42 Å². The van der Waals surface area contributed by atoms with Crippen LogP contribution in [0.1, 0.15) is 34.1 Å². The van der Waals surface area contributed by atoms with Crippen LogP contribution >= 0.6 is 0 Å². The number of hydrogen-bond acceptors (Lipinski definition) is 0. The van der Waals surface area contributed by atoms with Gasteiger partial charge < -0.3 is 0 Å². The summed E-state index contributed by atoms with van der Waals surface area (Å²) in [5.41, 5.74) is 0.546. The second-order valence-corrected chi connectivity index (χ2v) is 3.97. The predicted molar refractivity (Wildman–Crippen MR) is 36.5 cm³/mol. The summed E-state index contributed by atoms with van der Waals surface area (Å²) in [5, 5.41) is 0. The Balaban J connectivity index is 2.39. The van der Waals surface area contributed by atoms with Gasteiger partial charge in [0.05, 0.1) is 0 Å². The highest BCUT2D eigenvalue weighted by molar-refractivity contribution is 5.14. The molecule has 0 heterocycles. The fraction of sp³-hybridized carbons (Fsp3) is 0.875. The lowest BCUT2D eigenvalue weighted by Crippen LogP contribution is -2.07. The Morgan fingerprint density at radius 3 is 1.75 bits per heavy atom. The minimum absolute atomic E-state index is 0.546. The molecular weight excluding hydrogens is 96.1 g/mol. The van der Waals surface area contributed by atoms with Crippen LogP contribution in [-0.2, 0) is 0 Å². The van der Waals surface area contributed by atoms with Crippen molar-refractivity contribution in [1.82, 2.24) is 0 Å². The van der Waals surface area contributed by atoms with Crippen LogP contribution in [0.25, 0.3) is 0 Å².